The summed E-state index contributed by atoms with van der Waals surface area (Å²) in [5, 5.41) is 3.50. The number of hydrogen-bond acceptors (Lipinski definition) is 3. The predicted molar refractivity (Wildman–Crippen MR) is 69.9 cm³/mol. The third-order valence-corrected chi connectivity index (χ3v) is 3.43. The SMILES string of the molecule is CCOC(=O)CCCCCNCC(C)C1CC1. The molecule has 3 heteroatoms. The minimum absolute atomic E-state index is 0.0529. The molecule has 100 valence electrons. The molecule has 1 fully saturated rings. The number of hydrogen-bond donors (Lipinski definition) is 1. The summed E-state index contributed by atoms with van der Waals surface area (Å²) in [6.45, 7) is 6.93. The largest absolute Gasteiger partial charge is 0.466 e. The van der Waals surface area contributed by atoms with E-state index in [1.165, 1.54) is 12.8 Å². The molecule has 0 amide bonds. The minimum atomic E-state index is -0.0529. The van der Waals surface area contributed by atoms with E-state index in [4.69, 9.17) is 4.74 Å². The highest BCUT2D eigenvalue weighted by atomic mass is 16.5. The smallest absolute Gasteiger partial charge is 0.305 e. The molecule has 0 spiro atoms. The van der Waals surface area contributed by atoms with Gasteiger partial charge in [-0.15, -0.1) is 0 Å². The van der Waals surface area contributed by atoms with Gasteiger partial charge in [-0.3, -0.25) is 4.79 Å². The van der Waals surface area contributed by atoms with Crippen LogP contribution in [0.2, 0.25) is 0 Å². The van der Waals surface area contributed by atoms with Crippen molar-refractivity contribution in [1.29, 1.82) is 0 Å². The van der Waals surface area contributed by atoms with Gasteiger partial charge in [0.15, 0.2) is 0 Å². The molecular formula is C14H27NO2. The van der Waals surface area contributed by atoms with Crippen molar-refractivity contribution in [1.82, 2.24) is 5.32 Å². The first-order valence-electron chi connectivity index (χ1n) is 7.10. The third kappa shape index (κ3) is 7.37. The highest BCUT2D eigenvalue weighted by molar-refractivity contribution is 5.69. The van der Waals surface area contributed by atoms with Crippen molar-refractivity contribution in [3.63, 3.8) is 0 Å². The van der Waals surface area contributed by atoms with Crippen molar-refractivity contribution in [2.75, 3.05) is 19.7 Å². The Balaban J connectivity index is 1.79. The lowest BCUT2D eigenvalue weighted by atomic mass is 10.1. The average molecular weight is 241 g/mol. The molecule has 1 aliphatic carbocycles. The quantitative estimate of drug-likeness (QED) is 0.472. The van der Waals surface area contributed by atoms with Gasteiger partial charge in [0.05, 0.1) is 6.61 Å². The molecular weight excluding hydrogens is 214 g/mol. The van der Waals surface area contributed by atoms with Gasteiger partial charge in [0, 0.05) is 6.42 Å². The maximum absolute atomic E-state index is 11.1. The van der Waals surface area contributed by atoms with Crippen LogP contribution in [-0.2, 0) is 9.53 Å². The number of ether oxygens (including phenoxy) is 1. The molecule has 1 saturated carbocycles. The Morgan fingerprint density at radius 2 is 2.12 bits per heavy atom. The van der Waals surface area contributed by atoms with Crippen LogP contribution in [0, 0.1) is 11.8 Å². The van der Waals surface area contributed by atoms with Gasteiger partial charge >= 0.3 is 5.97 Å². The zero-order valence-electron chi connectivity index (χ0n) is 11.3. The van der Waals surface area contributed by atoms with E-state index in [-0.39, 0.29) is 5.97 Å². The number of unbranched alkanes of at least 4 members (excludes halogenated alkanes) is 2. The summed E-state index contributed by atoms with van der Waals surface area (Å²) < 4.78 is 4.88. The molecule has 1 rings (SSSR count). The number of carbonyl (C=O) groups excluding carboxylic acids is 1. The summed E-state index contributed by atoms with van der Waals surface area (Å²) in [4.78, 5) is 11.1. The molecule has 1 aliphatic rings. The van der Waals surface area contributed by atoms with E-state index in [1.807, 2.05) is 6.92 Å². The maximum atomic E-state index is 11.1. The Labute approximate surface area is 105 Å². The van der Waals surface area contributed by atoms with Gasteiger partial charge in [-0.25, -0.2) is 0 Å². The standard InChI is InChI=1S/C14H27NO2/c1-3-17-14(16)7-5-4-6-10-15-11-12(2)13-8-9-13/h12-13,15H,3-11H2,1-2H3. The van der Waals surface area contributed by atoms with Gasteiger partial charge in [0.1, 0.15) is 0 Å². The van der Waals surface area contributed by atoms with Gasteiger partial charge in [0.25, 0.3) is 0 Å². The zero-order valence-corrected chi connectivity index (χ0v) is 11.3. The van der Waals surface area contributed by atoms with Crippen molar-refractivity contribution in [2.45, 2.75) is 52.4 Å². The molecule has 17 heavy (non-hydrogen) atoms. The van der Waals surface area contributed by atoms with Crippen LogP contribution in [0.15, 0.2) is 0 Å². The Morgan fingerprint density at radius 3 is 2.76 bits per heavy atom. The highest BCUT2D eigenvalue weighted by Crippen LogP contribution is 2.35. The average Bonchev–Trinajstić information content (AvgIpc) is 3.11. The van der Waals surface area contributed by atoms with Crippen LogP contribution >= 0.6 is 0 Å². The first-order valence-corrected chi connectivity index (χ1v) is 7.10. The lowest BCUT2D eigenvalue weighted by molar-refractivity contribution is -0.143. The van der Waals surface area contributed by atoms with Gasteiger partial charge in [-0.1, -0.05) is 13.3 Å². The lowest BCUT2D eigenvalue weighted by Crippen LogP contribution is -2.23. The summed E-state index contributed by atoms with van der Waals surface area (Å²) in [5.74, 6) is 1.78. The molecule has 0 aromatic rings. The molecule has 0 saturated heterocycles. The van der Waals surface area contributed by atoms with Crippen LogP contribution in [0.25, 0.3) is 0 Å². The topological polar surface area (TPSA) is 38.3 Å². The van der Waals surface area contributed by atoms with Crippen molar-refractivity contribution in [3.8, 4) is 0 Å². The van der Waals surface area contributed by atoms with E-state index in [0.29, 0.717) is 13.0 Å². The van der Waals surface area contributed by atoms with Gasteiger partial charge in [-0.2, -0.15) is 0 Å². The first kappa shape index (κ1) is 14.5. The van der Waals surface area contributed by atoms with Crippen LogP contribution in [0.3, 0.4) is 0 Å². The monoisotopic (exact) mass is 241 g/mol. The van der Waals surface area contributed by atoms with E-state index >= 15 is 0 Å². The van der Waals surface area contributed by atoms with Crippen molar-refractivity contribution in [2.24, 2.45) is 11.8 Å². The van der Waals surface area contributed by atoms with Crippen LogP contribution in [0.5, 0.6) is 0 Å². The van der Waals surface area contributed by atoms with E-state index < -0.39 is 0 Å². The summed E-state index contributed by atoms with van der Waals surface area (Å²) in [7, 11) is 0. The normalized spacial score (nSPS) is 16.8. The van der Waals surface area contributed by atoms with E-state index in [2.05, 4.69) is 12.2 Å². The second kappa shape index (κ2) is 8.51. The van der Waals surface area contributed by atoms with Crippen molar-refractivity contribution >= 4 is 5.97 Å². The second-order valence-electron chi connectivity index (χ2n) is 5.13. The molecule has 0 radical (unpaired) electrons. The zero-order chi connectivity index (χ0) is 12.5. The Bertz CT molecular complexity index is 214. The fourth-order valence-corrected chi connectivity index (χ4v) is 2.09. The highest BCUT2D eigenvalue weighted by Gasteiger charge is 2.27. The molecule has 1 atom stereocenters. The predicted octanol–water partition coefficient (Wildman–Crippen LogP) is 2.75. The Morgan fingerprint density at radius 1 is 1.35 bits per heavy atom. The van der Waals surface area contributed by atoms with Crippen molar-refractivity contribution < 1.29 is 9.53 Å². The van der Waals surface area contributed by atoms with Crippen LogP contribution < -0.4 is 5.32 Å². The molecule has 0 heterocycles. The van der Waals surface area contributed by atoms with Crippen LogP contribution in [-0.4, -0.2) is 25.7 Å². The summed E-state index contributed by atoms with van der Waals surface area (Å²) in [6.07, 6.45) is 6.68. The molecule has 3 nitrogen and oxygen atoms in total. The maximum Gasteiger partial charge on any atom is 0.305 e. The summed E-state index contributed by atoms with van der Waals surface area (Å²) in [6, 6.07) is 0. The van der Waals surface area contributed by atoms with Crippen LogP contribution in [0.1, 0.15) is 52.4 Å². The first-order chi connectivity index (χ1) is 8.24. The Hall–Kier alpha value is -0.570. The molecule has 0 bridgehead atoms. The molecule has 0 aromatic carbocycles. The number of carbonyl (C=O) groups is 1. The van der Waals surface area contributed by atoms with E-state index in [9.17, 15) is 4.79 Å². The fourth-order valence-electron chi connectivity index (χ4n) is 2.09. The van der Waals surface area contributed by atoms with Crippen LogP contribution in [0.4, 0.5) is 0 Å². The Kier molecular flexibility index (Phi) is 7.25. The summed E-state index contributed by atoms with van der Waals surface area (Å²) >= 11 is 0. The van der Waals surface area contributed by atoms with Crippen molar-refractivity contribution in [3.05, 3.63) is 0 Å². The van der Waals surface area contributed by atoms with Gasteiger partial charge < -0.3 is 10.1 Å². The second-order valence-corrected chi connectivity index (χ2v) is 5.13. The van der Waals surface area contributed by atoms with E-state index in [1.54, 1.807) is 0 Å². The molecule has 1 unspecified atom stereocenters. The van der Waals surface area contributed by atoms with E-state index in [0.717, 1.165) is 44.2 Å². The van der Waals surface area contributed by atoms with Gasteiger partial charge in [0.2, 0.25) is 0 Å². The minimum Gasteiger partial charge on any atom is -0.466 e. The lowest BCUT2D eigenvalue weighted by Gasteiger charge is -2.10. The number of rotatable bonds is 10. The summed E-state index contributed by atoms with van der Waals surface area (Å²) in [5.41, 5.74) is 0. The number of esters is 1. The molecule has 0 aromatic heterocycles. The van der Waals surface area contributed by atoms with Gasteiger partial charge in [-0.05, 0) is 57.5 Å². The third-order valence-electron chi connectivity index (χ3n) is 3.43. The number of nitrogens with one attached hydrogen (secondary N) is 1. The molecule has 1 N–H and O–H groups in total. The molecule has 0 aliphatic heterocycles. The fraction of sp³-hybridized carbons (Fsp3) is 0.929.